The van der Waals surface area contributed by atoms with E-state index in [9.17, 15) is 0 Å². The fraction of sp³-hybridized carbons (Fsp3) is 0.417. The zero-order chi connectivity index (χ0) is 13.4. The highest BCUT2D eigenvalue weighted by atomic mass is 79.9. The van der Waals surface area contributed by atoms with Gasteiger partial charge in [0.25, 0.3) is 0 Å². The van der Waals surface area contributed by atoms with Crippen molar-refractivity contribution in [2.45, 2.75) is 19.5 Å². The van der Waals surface area contributed by atoms with Crippen molar-refractivity contribution >= 4 is 21.9 Å². The van der Waals surface area contributed by atoms with E-state index in [4.69, 9.17) is 10.6 Å². The molecule has 5 nitrogen and oxygen atoms in total. The third kappa shape index (κ3) is 5.48. The second-order valence-corrected chi connectivity index (χ2v) is 4.86. The summed E-state index contributed by atoms with van der Waals surface area (Å²) < 4.78 is 6.08. The molecule has 1 atom stereocenters. The van der Waals surface area contributed by atoms with Crippen LogP contribution in [0.5, 0.6) is 0 Å². The second kappa shape index (κ2) is 8.07. The van der Waals surface area contributed by atoms with E-state index in [0.29, 0.717) is 19.1 Å². The summed E-state index contributed by atoms with van der Waals surface area (Å²) in [6.45, 7) is 3.15. The van der Waals surface area contributed by atoms with Gasteiger partial charge in [-0.15, -0.1) is 0 Å². The minimum Gasteiger partial charge on any atom is -0.383 e. The highest BCUT2D eigenvalue weighted by molar-refractivity contribution is 9.10. The number of hydrogen-bond acceptors (Lipinski definition) is 3. The molecule has 0 heterocycles. The molecule has 100 valence electrons. The smallest absolute Gasteiger partial charge is 0.206 e. The summed E-state index contributed by atoms with van der Waals surface area (Å²) in [4.78, 5) is 4.37. The summed E-state index contributed by atoms with van der Waals surface area (Å²) in [5, 5.41) is 3.13. The van der Waals surface area contributed by atoms with Crippen LogP contribution >= 0.6 is 15.9 Å². The number of methoxy groups -OCH3 is 1. The zero-order valence-electron chi connectivity index (χ0n) is 10.6. The molecule has 0 saturated carbocycles. The molecule has 0 saturated heterocycles. The van der Waals surface area contributed by atoms with E-state index in [1.807, 2.05) is 31.2 Å². The largest absolute Gasteiger partial charge is 0.383 e. The van der Waals surface area contributed by atoms with Gasteiger partial charge in [-0.3, -0.25) is 5.43 Å². The van der Waals surface area contributed by atoms with Gasteiger partial charge < -0.3 is 10.1 Å². The number of hydrazine groups is 1. The van der Waals surface area contributed by atoms with E-state index >= 15 is 0 Å². The maximum Gasteiger partial charge on any atom is 0.206 e. The van der Waals surface area contributed by atoms with Crippen molar-refractivity contribution in [1.82, 2.24) is 10.7 Å². The first-order valence-electron chi connectivity index (χ1n) is 5.66. The normalized spacial score (nSPS) is 13.2. The molecule has 0 spiro atoms. The van der Waals surface area contributed by atoms with Crippen LogP contribution in [0, 0.1) is 0 Å². The molecule has 0 aliphatic heterocycles. The number of nitrogens with one attached hydrogen (secondary N) is 2. The van der Waals surface area contributed by atoms with E-state index in [-0.39, 0.29) is 6.04 Å². The summed E-state index contributed by atoms with van der Waals surface area (Å²) in [7, 11) is 1.66. The van der Waals surface area contributed by atoms with Gasteiger partial charge >= 0.3 is 0 Å². The highest BCUT2D eigenvalue weighted by Gasteiger charge is 2.03. The second-order valence-electron chi connectivity index (χ2n) is 3.94. The molecule has 0 amide bonds. The van der Waals surface area contributed by atoms with Crippen molar-refractivity contribution in [2.75, 3.05) is 13.7 Å². The van der Waals surface area contributed by atoms with Crippen molar-refractivity contribution in [3.8, 4) is 0 Å². The van der Waals surface area contributed by atoms with Crippen molar-refractivity contribution in [3.05, 3.63) is 34.3 Å². The van der Waals surface area contributed by atoms with Gasteiger partial charge in [0.2, 0.25) is 5.96 Å². The first kappa shape index (κ1) is 14.9. The van der Waals surface area contributed by atoms with Gasteiger partial charge in [-0.05, 0) is 24.6 Å². The van der Waals surface area contributed by atoms with Crippen LogP contribution < -0.4 is 16.6 Å². The lowest BCUT2D eigenvalue weighted by molar-refractivity contribution is 0.179. The summed E-state index contributed by atoms with van der Waals surface area (Å²) in [6.07, 6.45) is 0. The SMILES string of the molecule is COCC(C)NC(=NCc1cccc(Br)c1)NN. The first-order valence-corrected chi connectivity index (χ1v) is 6.46. The van der Waals surface area contributed by atoms with Gasteiger partial charge in [-0.1, -0.05) is 28.1 Å². The molecule has 0 aliphatic rings. The predicted octanol–water partition coefficient (Wildman–Crippen LogP) is 1.39. The van der Waals surface area contributed by atoms with Crippen LogP contribution in [0.4, 0.5) is 0 Å². The van der Waals surface area contributed by atoms with Crippen LogP contribution in [0.3, 0.4) is 0 Å². The molecule has 0 radical (unpaired) electrons. The minimum atomic E-state index is 0.146. The Balaban J connectivity index is 2.57. The van der Waals surface area contributed by atoms with Gasteiger partial charge in [-0.25, -0.2) is 10.8 Å². The number of hydrogen-bond donors (Lipinski definition) is 3. The molecule has 6 heteroatoms. The molecule has 0 aliphatic carbocycles. The molecular formula is C12H19BrN4O. The van der Waals surface area contributed by atoms with E-state index < -0.39 is 0 Å². The van der Waals surface area contributed by atoms with E-state index in [1.54, 1.807) is 7.11 Å². The van der Waals surface area contributed by atoms with E-state index in [0.717, 1.165) is 10.0 Å². The first-order chi connectivity index (χ1) is 8.65. The molecule has 1 aromatic rings. The Bertz CT molecular complexity index is 397. The quantitative estimate of drug-likeness (QED) is 0.332. The topological polar surface area (TPSA) is 71.7 Å². The molecule has 0 aromatic heterocycles. The van der Waals surface area contributed by atoms with Gasteiger partial charge in [0.05, 0.1) is 13.2 Å². The Kier molecular flexibility index (Phi) is 6.70. The third-order valence-corrected chi connectivity index (χ3v) is 2.74. The molecule has 1 unspecified atom stereocenters. The Labute approximate surface area is 116 Å². The van der Waals surface area contributed by atoms with Crippen LogP contribution in [0.15, 0.2) is 33.7 Å². The van der Waals surface area contributed by atoms with Crippen LogP contribution in [-0.4, -0.2) is 25.7 Å². The summed E-state index contributed by atoms with van der Waals surface area (Å²) in [6, 6.07) is 8.14. The lowest BCUT2D eigenvalue weighted by Crippen LogP contribution is -2.46. The molecule has 1 aromatic carbocycles. The molecule has 1 rings (SSSR count). The van der Waals surface area contributed by atoms with Gasteiger partial charge in [0, 0.05) is 17.6 Å². The van der Waals surface area contributed by atoms with Crippen molar-refractivity contribution in [3.63, 3.8) is 0 Å². The standard InChI is InChI=1S/C12H19BrN4O/c1-9(8-18-2)16-12(17-14)15-7-10-4-3-5-11(13)6-10/h3-6,9H,7-8,14H2,1-2H3,(H2,15,16,17). The maximum atomic E-state index is 5.42. The molecule has 0 bridgehead atoms. The average Bonchev–Trinajstić information content (AvgIpc) is 2.35. The van der Waals surface area contributed by atoms with Crippen LogP contribution in [0.25, 0.3) is 0 Å². The number of ether oxygens (including phenoxy) is 1. The van der Waals surface area contributed by atoms with E-state index in [2.05, 4.69) is 31.7 Å². The summed E-state index contributed by atoms with van der Waals surface area (Å²) >= 11 is 3.43. The van der Waals surface area contributed by atoms with Crippen molar-refractivity contribution < 1.29 is 4.74 Å². The fourth-order valence-corrected chi connectivity index (χ4v) is 1.91. The number of aliphatic imine (C=N–C) groups is 1. The summed E-state index contributed by atoms with van der Waals surface area (Å²) in [5.41, 5.74) is 3.66. The van der Waals surface area contributed by atoms with E-state index in [1.165, 1.54) is 0 Å². The number of benzene rings is 1. The van der Waals surface area contributed by atoms with Crippen LogP contribution in [-0.2, 0) is 11.3 Å². The Hall–Kier alpha value is -1.11. The predicted molar refractivity (Wildman–Crippen MR) is 77.1 cm³/mol. The maximum absolute atomic E-state index is 5.42. The summed E-state index contributed by atoms with van der Waals surface area (Å²) in [5.74, 6) is 5.97. The monoisotopic (exact) mass is 314 g/mol. The third-order valence-electron chi connectivity index (χ3n) is 2.25. The Morgan fingerprint density at radius 1 is 1.56 bits per heavy atom. The van der Waals surface area contributed by atoms with Crippen LogP contribution in [0.2, 0.25) is 0 Å². The molecule has 18 heavy (non-hydrogen) atoms. The number of guanidine groups is 1. The number of rotatable bonds is 5. The Morgan fingerprint density at radius 3 is 2.94 bits per heavy atom. The fourth-order valence-electron chi connectivity index (χ4n) is 1.46. The zero-order valence-corrected chi connectivity index (χ0v) is 12.2. The van der Waals surface area contributed by atoms with Crippen LogP contribution in [0.1, 0.15) is 12.5 Å². The molecule has 0 fully saturated rings. The number of halogens is 1. The van der Waals surface area contributed by atoms with Gasteiger partial charge in [-0.2, -0.15) is 0 Å². The molecular weight excluding hydrogens is 296 g/mol. The van der Waals surface area contributed by atoms with Gasteiger partial charge in [0.1, 0.15) is 0 Å². The lowest BCUT2D eigenvalue weighted by atomic mass is 10.2. The number of nitrogens with zero attached hydrogens (tertiary/aromatic N) is 1. The number of nitrogens with two attached hydrogens (primary N) is 1. The highest BCUT2D eigenvalue weighted by Crippen LogP contribution is 2.12. The minimum absolute atomic E-state index is 0.146. The average molecular weight is 315 g/mol. The van der Waals surface area contributed by atoms with Crippen molar-refractivity contribution in [2.24, 2.45) is 10.8 Å². The molecule has 4 N–H and O–H groups in total. The van der Waals surface area contributed by atoms with Gasteiger partial charge in [0.15, 0.2) is 0 Å². The lowest BCUT2D eigenvalue weighted by Gasteiger charge is -2.15. The Morgan fingerprint density at radius 2 is 2.33 bits per heavy atom. The van der Waals surface area contributed by atoms with Crippen molar-refractivity contribution in [1.29, 1.82) is 0 Å².